The van der Waals surface area contributed by atoms with Crippen molar-refractivity contribution in [1.82, 2.24) is 14.5 Å². The predicted molar refractivity (Wildman–Crippen MR) is 66.4 cm³/mol. The third-order valence-corrected chi connectivity index (χ3v) is 3.04. The van der Waals surface area contributed by atoms with Gasteiger partial charge in [-0.1, -0.05) is 6.58 Å². The molecule has 0 radical (unpaired) electrons. The van der Waals surface area contributed by atoms with Gasteiger partial charge in [-0.05, 0) is 4.92 Å². The summed E-state index contributed by atoms with van der Waals surface area (Å²) in [7, 11) is 0. The quantitative estimate of drug-likeness (QED) is 0.479. The number of rotatable bonds is 4. The van der Waals surface area contributed by atoms with Crippen molar-refractivity contribution >= 4 is 29.1 Å². The number of ketones is 1. The number of carbonyl (C=O) groups is 1. The molecule has 0 fully saturated rings. The third kappa shape index (κ3) is 1.93. The maximum Gasteiger partial charge on any atom is 0.347 e. The lowest BCUT2D eigenvalue weighted by Gasteiger charge is -1.95. The van der Waals surface area contributed by atoms with Gasteiger partial charge in [0.1, 0.15) is 11.9 Å². The van der Waals surface area contributed by atoms with Crippen LogP contribution in [0.2, 0.25) is 0 Å². The first-order valence-electron chi connectivity index (χ1n) is 4.85. The number of aromatic nitrogens is 3. The van der Waals surface area contributed by atoms with Crippen molar-refractivity contribution < 1.29 is 9.72 Å². The van der Waals surface area contributed by atoms with Gasteiger partial charge < -0.3 is 10.1 Å². The summed E-state index contributed by atoms with van der Waals surface area (Å²) in [6.07, 6.45) is 2.42. The Labute approximate surface area is 106 Å². The summed E-state index contributed by atoms with van der Waals surface area (Å²) >= 11 is 1.20. The van der Waals surface area contributed by atoms with Crippen molar-refractivity contribution in [2.75, 3.05) is 0 Å². The summed E-state index contributed by atoms with van der Waals surface area (Å²) in [5.41, 5.74) is 0.316. The summed E-state index contributed by atoms with van der Waals surface area (Å²) in [5, 5.41) is 12.8. The molecule has 0 unspecified atom stereocenters. The highest BCUT2D eigenvalue weighted by Gasteiger charge is 2.22. The molecule has 92 valence electrons. The first-order chi connectivity index (χ1) is 8.54. The van der Waals surface area contributed by atoms with Crippen LogP contribution in [0, 0.1) is 10.1 Å². The van der Waals surface area contributed by atoms with E-state index in [-0.39, 0.29) is 11.6 Å². The fourth-order valence-corrected chi connectivity index (χ4v) is 2.21. The maximum absolute atomic E-state index is 11.1. The first-order valence-corrected chi connectivity index (χ1v) is 5.73. The van der Waals surface area contributed by atoms with Crippen molar-refractivity contribution in [1.29, 1.82) is 0 Å². The van der Waals surface area contributed by atoms with E-state index in [1.165, 1.54) is 29.0 Å². The number of Topliss-reactive ketones (excluding diaryl/α,β-unsaturated/α-hetero) is 1. The van der Waals surface area contributed by atoms with Gasteiger partial charge in [-0.15, -0.1) is 11.3 Å². The second-order valence-corrected chi connectivity index (χ2v) is 4.20. The molecule has 0 aliphatic rings. The Morgan fingerprint density at radius 3 is 2.89 bits per heavy atom. The third-order valence-electron chi connectivity index (χ3n) is 2.20. The second-order valence-electron chi connectivity index (χ2n) is 3.34. The predicted octanol–water partition coefficient (Wildman–Crippen LogP) is 2.22. The standard InChI is InChI=1S/C10H8N4O3S/c1-3-13-8(14(16)17)4-11-9(13)10-12-7(5-18-10)6(2)15/h3-5H,1H2,2H3. The topological polar surface area (TPSA) is 90.9 Å². The van der Waals surface area contributed by atoms with E-state index < -0.39 is 4.92 Å². The molecule has 0 aromatic carbocycles. The van der Waals surface area contributed by atoms with Gasteiger partial charge in [0, 0.05) is 12.3 Å². The zero-order valence-corrected chi connectivity index (χ0v) is 10.2. The average molecular weight is 264 g/mol. The molecule has 2 rings (SSSR count). The van der Waals surface area contributed by atoms with Crippen molar-refractivity contribution in [3.63, 3.8) is 0 Å². The first kappa shape index (κ1) is 12.1. The van der Waals surface area contributed by atoms with Crippen LogP contribution < -0.4 is 0 Å². The van der Waals surface area contributed by atoms with E-state index in [1.807, 2.05) is 0 Å². The molecule has 0 aliphatic heterocycles. The number of carbonyl (C=O) groups excluding carboxylic acids is 1. The molecule has 0 amide bonds. The normalized spacial score (nSPS) is 10.3. The molecular weight excluding hydrogens is 256 g/mol. The molecule has 0 bridgehead atoms. The maximum atomic E-state index is 11.1. The van der Waals surface area contributed by atoms with Crippen LogP contribution in [0.4, 0.5) is 5.82 Å². The number of nitrogens with zero attached hydrogens (tertiary/aromatic N) is 4. The lowest BCUT2D eigenvalue weighted by molar-refractivity contribution is -0.390. The van der Waals surface area contributed by atoms with Gasteiger partial charge in [0.15, 0.2) is 10.8 Å². The van der Waals surface area contributed by atoms with Gasteiger partial charge in [0.05, 0.1) is 6.20 Å². The summed E-state index contributed by atoms with van der Waals surface area (Å²) in [4.78, 5) is 29.4. The largest absolute Gasteiger partial charge is 0.358 e. The highest BCUT2D eigenvalue weighted by Crippen LogP contribution is 2.26. The highest BCUT2D eigenvalue weighted by molar-refractivity contribution is 7.13. The minimum atomic E-state index is -0.558. The summed E-state index contributed by atoms with van der Waals surface area (Å²) in [5.74, 6) is -0.0579. The molecule has 0 aliphatic carbocycles. The van der Waals surface area contributed by atoms with Crippen LogP contribution in [0.15, 0.2) is 18.2 Å². The fraction of sp³-hybridized carbons (Fsp3) is 0.100. The Morgan fingerprint density at radius 2 is 2.39 bits per heavy atom. The monoisotopic (exact) mass is 264 g/mol. The van der Waals surface area contributed by atoms with Crippen LogP contribution in [0.25, 0.3) is 17.0 Å². The van der Waals surface area contributed by atoms with Crippen molar-refractivity contribution in [3.8, 4) is 10.8 Å². The molecule has 2 heterocycles. The van der Waals surface area contributed by atoms with Crippen LogP contribution in [0.5, 0.6) is 0 Å². The van der Waals surface area contributed by atoms with Crippen LogP contribution >= 0.6 is 11.3 Å². The van der Waals surface area contributed by atoms with Crippen LogP contribution in [0.1, 0.15) is 17.4 Å². The number of imidazole rings is 1. The van der Waals surface area contributed by atoms with Crippen molar-refractivity contribution in [2.45, 2.75) is 6.92 Å². The summed E-state index contributed by atoms with van der Waals surface area (Å²) in [6.45, 7) is 4.91. The van der Waals surface area contributed by atoms with E-state index in [0.29, 0.717) is 16.5 Å². The van der Waals surface area contributed by atoms with Crippen molar-refractivity contribution in [2.24, 2.45) is 0 Å². The lowest BCUT2D eigenvalue weighted by Crippen LogP contribution is -1.98. The van der Waals surface area contributed by atoms with Gasteiger partial charge in [-0.2, -0.15) is 4.57 Å². The van der Waals surface area contributed by atoms with E-state index in [4.69, 9.17) is 0 Å². The average Bonchev–Trinajstić information content (AvgIpc) is 2.94. The Bertz CT molecular complexity index is 643. The Hall–Kier alpha value is -2.35. The number of hydrogen-bond acceptors (Lipinski definition) is 6. The highest BCUT2D eigenvalue weighted by atomic mass is 32.1. The summed E-state index contributed by atoms with van der Waals surface area (Å²) in [6, 6.07) is 0. The molecule has 2 aromatic heterocycles. The molecule has 0 spiro atoms. The Balaban J connectivity index is 2.53. The van der Waals surface area contributed by atoms with Gasteiger partial charge >= 0.3 is 5.82 Å². The van der Waals surface area contributed by atoms with Crippen LogP contribution in [-0.4, -0.2) is 25.2 Å². The van der Waals surface area contributed by atoms with Gasteiger partial charge in [-0.3, -0.25) is 4.79 Å². The summed E-state index contributed by atoms with van der Waals surface area (Å²) < 4.78 is 1.22. The second kappa shape index (κ2) is 4.49. The van der Waals surface area contributed by atoms with E-state index in [2.05, 4.69) is 16.5 Å². The molecule has 18 heavy (non-hydrogen) atoms. The zero-order valence-electron chi connectivity index (χ0n) is 9.36. The van der Waals surface area contributed by atoms with E-state index in [1.54, 1.807) is 5.38 Å². The Kier molecular flexibility index (Phi) is 3.02. The number of hydrogen-bond donors (Lipinski definition) is 0. The van der Waals surface area contributed by atoms with E-state index in [9.17, 15) is 14.9 Å². The molecule has 0 atom stereocenters. The number of nitro groups is 1. The van der Waals surface area contributed by atoms with Crippen LogP contribution in [0.3, 0.4) is 0 Å². The molecule has 0 N–H and O–H groups in total. The van der Waals surface area contributed by atoms with Gasteiger partial charge in [0.25, 0.3) is 5.82 Å². The molecule has 0 saturated carbocycles. The molecule has 8 heteroatoms. The molecule has 7 nitrogen and oxygen atoms in total. The minimum Gasteiger partial charge on any atom is -0.358 e. The fourth-order valence-electron chi connectivity index (χ4n) is 1.36. The van der Waals surface area contributed by atoms with E-state index in [0.717, 1.165) is 6.20 Å². The zero-order chi connectivity index (χ0) is 13.3. The minimum absolute atomic E-state index is 0.163. The van der Waals surface area contributed by atoms with Crippen LogP contribution in [-0.2, 0) is 0 Å². The Morgan fingerprint density at radius 1 is 1.67 bits per heavy atom. The molecular formula is C10H8N4O3S. The van der Waals surface area contributed by atoms with Crippen molar-refractivity contribution in [3.05, 3.63) is 34.0 Å². The van der Waals surface area contributed by atoms with E-state index >= 15 is 0 Å². The van der Waals surface area contributed by atoms with Gasteiger partial charge in [0.2, 0.25) is 0 Å². The lowest BCUT2D eigenvalue weighted by atomic mass is 10.3. The SMILES string of the molecule is C=Cn1c([N+](=O)[O-])cnc1-c1nc(C(C)=O)cs1. The smallest absolute Gasteiger partial charge is 0.347 e. The molecule has 2 aromatic rings. The van der Waals surface area contributed by atoms with Gasteiger partial charge in [-0.25, -0.2) is 9.97 Å². The number of thiazole rings is 1. The molecule has 0 saturated heterocycles.